The zero-order chi connectivity index (χ0) is 15.6. The highest BCUT2D eigenvalue weighted by atomic mass is 32.2. The van der Waals surface area contributed by atoms with Crippen LogP contribution < -0.4 is 4.72 Å². The molecule has 2 atom stereocenters. The lowest BCUT2D eigenvalue weighted by molar-refractivity contribution is -0.139. The molecular formula is C12H20N4O4S. The monoisotopic (exact) mass is 316 g/mol. The van der Waals surface area contributed by atoms with Crippen LogP contribution in [0.3, 0.4) is 0 Å². The first kappa shape index (κ1) is 15.9. The molecule has 0 saturated carbocycles. The van der Waals surface area contributed by atoms with E-state index >= 15 is 0 Å². The third kappa shape index (κ3) is 3.80. The van der Waals surface area contributed by atoms with Crippen LogP contribution in [0.2, 0.25) is 0 Å². The molecule has 1 aromatic rings. The van der Waals surface area contributed by atoms with Crippen LogP contribution in [0.5, 0.6) is 0 Å². The zero-order valence-electron chi connectivity index (χ0n) is 12.1. The minimum atomic E-state index is -3.83. The van der Waals surface area contributed by atoms with Crippen LogP contribution in [-0.2, 0) is 22.1 Å². The summed E-state index contributed by atoms with van der Waals surface area (Å²) in [5, 5.41) is 13.1. The Morgan fingerprint density at radius 1 is 1.57 bits per heavy atom. The molecule has 1 fully saturated rings. The Morgan fingerprint density at radius 2 is 2.29 bits per heavy atom. The van der Waals surface area contributed by atoms with Crippen molar-refractivity contribution in [3.63, 3.8) is 0 Å². The van der Waals surface area contributed by atoms with Crippen molar-refractivity contribution in [3.8, 4) is 0 Å². The molecule has 21 heavy (non-hydrogen) atoms. The van der Waals surface area contributed by atoms with E-state index in [1.807, 2.05) is 6.92 Å². The van der Waals surface area contributed by atoms with Gasteiger partial charge >= 0.3 is 5.97 Å². The summed E-state index contributed by atoms with van der Waals surface area (Å²) in [7, 11) is -2.19. The molecule has 2 heterocycles. The summed E-state index contributed by atoms with van der Waals surface area (Å²) in [5.41, 5.74) is 0.304. The molecule has 8 nitrogen and oxygen atoms in total. The number of hydrogen-bond donors (Lipinski definition) is 2. The van der Waals surface area contributed by atoms with Gasteiger partial charge < -0.3 is 5.11 Å². The summed E-state index contributed by atoms with van der Waals surface area (Å²) in [6.07, 6.45) is 4.60. The number of hydrogen-bond acceptors (Lipinski definition) is 4. The van der Waals surface area contributed by atoms with Crippen LogP contribution in [0.1, 0.15) is 31.4 Å². The number of carboxylic acids is 1. The first-order chi connectivity index (χ1) is 9.79. The van der Waals surface area contributed by atoms with Gasteiger partial charge in [-0.05, 0) is 18.8 Å². The van der Waals surface area contributed by atoms with Crippen molar-refractivity contribution in [2.45, 2.75) is 25.8 Å². The molecule has 0 spiro atoms. The molecule has 2 rings (SSSR count). The molecule has 1 saturated heterocycles. The van der Waals surface area contributed by atoms with Gasteiger partial charge in [-0.25, -0.2) is 0 Å². The van der Waals surface area contributed by atoms with E-state index in [1.54, 1.807) is 7.05 Å². The lowest BCUT2D eigenvalue weighted by Gasteiger charge is -2.30. The largest absolute Gasteiger partial charge is 0.480 e. The van der Waals surface area contributed by atoms with Crippen LogP contribution in [0.4, 0.5) is 0 Å². The number of nitrogens with one attached hydrogen (secondary N) is 1. The number of carboxylic acid groups (broad SMARTS) is 1. The van der Waals surface area contributed by atoms with Crippen LogP contribution in [-0.4, -0.2) is 46.7 Å². The van der Waals surface area contributed by atoms with E-state index < -0.39 is 22.2 Å². The van der Waals surface area contributed by atoms with Crippen LogP contribution in [0, 0.1) is 5.92 Å². The van der Waals surface area contributed by atoms with Gasteiger partial charge in [0.25, 0.3) is 10.2 Å². The van der Waals surface area contributed by atoms with Crippen molar-refractivity contribution in [2.24, 2.45) is 13.0 Å². The minimum absolute atomic E-state index is 0.275. The van der Waals surface area contributed by atoms with Gasteiger partial charge in [-0.15, -0.1) is 0 Å². The fourth-order valence-electron chi connectivity index (χ4n) is 2.44. The maximum atomic E-state index is 12.4. The summed E-state index contributed by atoms with van der Waals surface area (Å²) in [6.45, 7) is 2.81. The number of rotatable bonds is 5. The van der Waals surface area contributed by atoms with E-state index in [0.29, 0.717) is 18.7 Å². The molecule has 1 aliphatic rings. The Bertz CT molecular complexity index is 613. The maximum absolute atomic E-state index is 12.4. The second-order valence-electron chi connectivity index (χ2n) is 5.45. The molecule has 1 aromatic heterocycles. The second-order valence-corrected chi connectivity index (χ2v) is 7.15. The highest BCUT2D eigenvalue weighted by molar-refractivity contribution is 7.87. The molecule has 118 valence electrons. The van der Waals surface area contributed by atoms with Gasteiger partial charge in [-0.1, -0.05) is 6.92 Å². The first-order valence-corrected chi connectivity index (χ1v) is 8.22. The van der Waals surface area contributed by atoms with Crippen LogP contribution in [0.25, 0.3) is 0 Å². The second kappa shape index (κ2) is 6.12. The molecule has 0 aromatic carbocycles. The summed E-state index contributed by atoms with van der Waals surface area (Å²) in [5.74, 6) is -0.978. The third-order valence-corrected chi connectivity index (χ3v) is 5.08. The molecule has 2 N–H and O–H groups in total. The molecule has 2 unspecified atom stereocenters. The molecule has 9 heteroatoms. The summed E-state index contributed by atoms with van der Waals surface area (Å²) >= 11 is 0. The van der Waals surface area contributed by atoms with Gasteiger partial charge in [-0.2, -0.15) is 22.5 Å². The fraction of sp³-hybridized carbons (Fsp3) is 0.667. The number of piperidine rings is 1. The number of nitrogens with zero attached hydrogens (tertiary/aromatic N) is 3. The van der Waals surface area contributed by atoms with E-state index in [1.165, 1.54) is 21.4 Å². The van der Waals surface area contributed by atoms with Gasteiger partial charge in [-0.3, -0.25) is 9.48 Å². The zero-order valence-corrected chi connectivity index (χ0v) is 12.9. The molecule has 0 aliphatic carbocycles. The van der Waals surface area contributed by atoms with Crippen molar-refractivity contribution >= 4 is 16.2 Å². The van der Waals surface area contributed by atoms with E-state index in [9.17, 15) is 18.3 Å². The van der Waals surface area contributed by atoms with Crippen LogP contribution in [0.15, 0.2) is 12.4 Å². The van der Waals surface area contributed by atoms with E-state index in [2.05, 4.69) is 9.82 Å². The summed E-state index contributed by atoms with van der Waals surface area (Å²) in [6, 6.07) is -1.33. The smallest absolute Gasteiger partial charge is 0.326 e. The standard InChI is InChI=1S/C12H20N4O4S/c1-9-4-3-5-16(7-9)21(19,20)14-11(12(17)18)10-6-13-15(2)8-10/h6,8-9,11,14H,3-5,7H2,1-2H3,(H,17,18). The minimum Gasteiger partial charge on any atom is -0.480 e. The predicted octanol–water partition coefficient (Wildman–Crippen LogP) is 0.112. The Balaban J connectivity index is 2.17. The van der Waals surface area contributed by atoms with Crippen molar-refractivity contribution in [3.05, 3.63) is 18.0 Å². The lowest BCUT2D eigenvalue weighted by Crippen LogP contribution is -2.47. The molecule has 0 bridgehead atoms. The topological polar surface area (TPSA) is 105 Å². The number of aliphatic carboxylic acids is 1. The average molecular weight is 316 g/mol. The van der Waals surface area contributed by atoms with Crippen molar-refractivity contribution in [1.82, 2.24) is 18.8 Å². The third-order valence-electron chi connectivity index (χ3n) is 3.53. The number of aryl methyl sites for hydroxylation is 1. The van der Waals surface area contributed by atoms with Crippen molar-refractivity contribution < 1.29 is 18.3 Å². The maximum Gasteiger partial charge on any atom is 0.326 e. The Hall–Kier alpha value is -1.45. The van der Waals surface area contributed by atoms with Gasteiger partial charge in [0.1, 0.15) is 6.04 Å². The predicted molar refractivity (Wildman–Crippen MR) is 75.6 cm³/mol. The average Bonchev–Trinajstić information content (AvgIpc) is 2.82. The fourth-order valence-corrected chi connectivity index (χ4v) is 3.94. The molecule has 0 amide bonds. The number of carbonyl (C=O) groups is 1. The molecule has 0 radical (unpaired) electrons. The molecular weight excluding hydrogens is 296 g/mol. The molecule has 1 aliphatic heterocycles. The highest BCUT2D eigenvalue weighted by Crippen LogP contribution is 2.20. The van der Waals surface area contributed by atoms with E-state index in [0.717, 1.165) is 12.8 Å². The van der Waals surface area contributed by atoms with Crippen molar-refractivity contribution in [2.75, 3.05) is 13.1 Å². The van der Waals surface area contributed by atoms with E-state index in [4.69, 9.17) is 0 Å². The quantitative estimate of drug-likeness (QED) is 0.802. The summed E-state index contributed by atoms with van der Waals surface area (Å²) < 4.78 is 29.7. The van der Waals surface area contributed by atoms with Crippen molar-refractivity contribution in [1.29, 1.82) is 0 Å². The van der Waals surface area contributed by atoms with Gasteiger partial charge in [0.2, 0.25) is 0 Å². The Morgan fingerprint density at radius 3 is 2.81 bits per heavy atom. The van der Waals surface area contributed by atoms with Gasteiger partial charge in [0, 0.05) is 31.9 Å². The normalized spacial score (nSPS) is 22.1. The number of aromatic nitrogens is 2. The van der Waals surface area contributed by atoms with E-state index in [-0.39, 0.29) is 5.92 Å². The first-order valence-electron chi connectivity index (χ1n) is 6.78. The Labute approximate surface area is 123 Å². The lowest BCUT2D eigenvalue weighted by atomic mass is 10.0. The Kier molecular flexibility index (Phi) is 4.64. The summed E-state index contributed by atoms with van der Waals surface area (Å²) in [4.78, 5) is 11.4. The van der Waals surface area contributed by atoms with Gasteiger partial charge in [0.05, 0.1) is 6.20 Å². The van der Waals surface area contributed by atoms with Crippen LogP contribution >= 0.6 is 0 Å². The highest BCUT2D eigenvalue weighted by Gasteiger charge is 2.32. The van der Waals surface area contributed by atoms with Gasteiger partial charge in [0.15, 0.2) is 0 Å². The SMILES string of the molecule is CC1CCCN(S(=O)(=O)NC(C(=O)O)c2cnn(C)c2)C1.